The smallest absolute Gasteiger partial charge is 0.313 e. The molecule has 0 aliphatic heterocycles. The Morgan fingerprint density at radius 2 is 1.96 bits per heavy atom. The predicted octanol–water partition coefficient (Wildman–Crippen LogP) is 2.74. The summed E-state index contributed by atoms with van der Waals surface area (Å²) in [6.45, 7) is 5.05. The van der Waals surface area contributed by atoms with Crippen molar-refractivity contribution < 1.29 is 22.9 Å². The second kappa shape index (κ2) is 6.39. The molecule has 2 amide bonds. The van der Waals surface area contributed by atoms with Crippen LogP contribution in [0.15, 0.2) is 27.1 Å². The number of aromatic nitrogens is 1. The van der Waals surface area contributed by atoms with Crippen LogP contribution in [-0.4, -0.2) is 17.0 Å². The average Bonchev–Trinajstić information content (AvgIpc) is 3.06. The van der Waals surface area contributed by atoms with E-state index in [9.17, 15) is 14.0 Å². The molecule has 25 heavy (non-hydrogen) atoms. The molecule has 7 nitrogen and oxygen atoms in total. The van der Waals surface area contributed by atoms with Crippen molar-refractivity contribution in [3.8, 4) is 0 Å². The van der Waals surface area contributed by atoms with Crippen molar-refractivity contribution in [3.05, 3.63) is 46.8 Å². The van der Waals surface area contributed by atoms with Gasteiger partial charge in [-0.2, -0.15) is 0 Å². The maximum Gasteiger partial charge on any atom is 0.313 e. The minimum Gasteiger partial charge on any atom is -0.459 e. The van der Waals surface area contributed by atoms with Crippen LogP contribution in [0.25, 0.3) is 11.0 Å². The standard InChI is InChI=1S/C17H16FN3O4/c1-8-12-6-11(18)4-5-13(12)24-14(8)7-19-16(22)17(23)20-15-9(2)21-25-10(15)3/h4-6H,7H2,1-3H3,(H,19,22)(H,20,23). The molecule has 3 aromatic rings. The Morgan fingerprint density at radius 3 is 2.64 bits per heavy atom. The number of nitrogens with one attached hydrogen (secondary N) is 2. The first kappa shape index (κ1) is 16.7. The lowest BCUT2D eigenvalue weighted by Gasteiger charge is -2.05. The molecule has 0 bridgehead atoms. The van der Waals surface area contributed by atoms with Crippen LogP contribution < -0.4 is 10.6 Å². The summed E-state index contributed by atoms with van der Waals surface area (Å²) in [6, 6.07) is 4.18. The lowest BCUT2D eigenvalue weighted by Crippen LogP contribution is -2.35. The van der Waals surface area contributed by atoms with Gasteiger partial charge in [0.2, 0.25) is 0 Å². The monoisotopic (exact) mass is 345 g/mol. The molecule has 2 aromatic heterocycles. The van der Waals surface area contributed by atoms with Crippen molar-refractivity contribution in [2.75, 3.05) is 5.32 Å². The van der Waals surface area contributed by atoms with E-state index in [0.29, 0.717) is 39.4 Å². The Labute approximate surface area is 142 Å². The molecule has 2 N–H and O–H groups in total. The van der Waals surface area contributed by atoms with Gasteiger partial charge in [0, 0.05) is 10.9 Å². The molecule has 0 unspecified atom stereocenters. The highest BCUT2D eigenvalue weighted by atomic mass is 19.1. The Kier molecular flexibility index (Phi) is 4.26. The molecule has 0 aliphatic carbocycles. The van der Waals surface area contributed by atoms with Crippen LogP contribution in [0.4, 0.5) is 10.1 Å². The number of anilines is 1. The van der Waals surface area contributed by atoms with E-state index in [2.05, 4.69) is 15.8 Å². The highest BCUT2D eigenvalue weighted by Crippen LogP contribution is 2.25. The van der Waals surface area contributed by atoms with Gasteiger partial charge in [-0.1, -0.05) is 5.16 Å². The van der Waals surface area contributed by atoms with Gasteiger partial charge in [0.1, 0.15) is 28.5 Å². The van der Waals surface area contributed by atoms with Crippen molar-refractivity contribution in [2.45, 2.75) is 27.3 Å². The highest BCUT2D eigenvalue weighted by molar-refractivity contribution is 6.39. The summed E-state index contributed by atoms with van der Waals surface area (Å²) >= 11 is 0. The number of furan rings is 1. The van der Waals surface area contributed by atoms with Gasteiger partial charge < -0.3 is 19.6 Å². The van der Waals surface area contributed by atoms with E-state index in [4.69, 9.17) is 8.94 Å². The number of carbonyl (C=O) groups excluding carboxylic acids is 2. The summed E-state index contributed by atoms with van der Waals surface area (Å²) in [7, 11) is 0. The van der Waals surface area contributed by atoms with E-state index >= 15 is 0 Å². The van der Waals surface area contributed by atoms with Crippen molar-refractivity contribution in [1.29, 1.82) is 0 Å². The van der Waals surface area contributed by atoms with E-state index in [0.717, 1.165) is 0 Å². The summed E-state index contributed by atoms with van der Waals surface area (Å²) in [5.74, 6) is -1.17. The summed E-state index contributed by atoms with van der Waals surface area (Å²) in [4.78, 5) is 23.9. The Hall–Kier alpha value is -3.16. The van der Waals surface area contributed by atoms with Crippen molar-refractivity contribution >= 4 is 28.5 Å². The molecule has 8 heteroatoms. The number of benzene rings is 1. The summed E-state index contributed by atoms with van der Waals surface area (Å²) in [5, 5.41) is 9.26. The summed E-state index contributed by atoms with van der Waals surface area (Å²) < 4.78 is 23.8. The van der Waals surface area contributed by atoms with Crippen molar-refractivity contribution in [1.82, 2.24) is 10.5 Å². The molecule has 0 spiro atoms. The molecule has 130 valence electrons. The van der Waals surface area contributed by atoms with Crippen LogP contribution in [0.2, 0.25) is 0 Å². The normalized spacial score (nSPS) is 10.9. The summed E-state index contributed by atoms with van der Waals surface area (Å²) in [6.07, 6.45) is 0. The highest BCUT2D eigenvalue weighted by Gasteiger charge is 2.19. The minimum atomic E-state index is -0.839. The molecule has 0 atom stereocenters. The lowest BCUT2D eigenvalue weighted by atomic mass is 10.1. The maximum atomic E-state index is 13.3. The Balaban J connectivity index is 1.68. The van der Waals surface area contributed by atoms with Crippen LogP contribution >= 0.6 is 0 Å². The molecule has 0 aliphatic rings. The molecule has 0 saturated heterocycles. The van der Waals surface area contributed by atoms with Crippen LogP contribution in [0, 0.1) is 26.6 Å². The number of aryl methyl sites for hydroxylation is 3. The third-order valence-electron chi connectivity index (χ3n) is 3.88. The van der Waals surface area contributed by atoms with Crippen LogP contribution in [0.3, 0.4) is 0 Å². The molecule has 0 fully saturated rings. The van der Waals surface area contributed by atoms with Crippen LogP contribution in [0.1, 0.15) is 22.8 Å². The molecular weight excluding hydrogens is 329 g/mol. The molecule has 3 rings (SSSR count). The van der Waals surface area contributed by atoms with Gasteiger partial charge in [0.15, 0.2) is 5.76 Å². The first-order chi connectivity index (χ1) is 11.9. The first-order valence-electron chi connectivity index (χ1n) is 7.56. The number of hydrogen-bond donors (Lipinski definition) is 2. The fourth-order valence-electron chi connectivity index (χ4n) is 2.48. The maximum absolute atomic E-state index is 13.3. The third kappa shape index (κ3) is 3.23. The van der Waals surface area contributed by atoms with Crippen molar-refractivity contribution in [3.63, 3.8) is 0 Å². The average molecular weight is 345 g/mol. The zero-order chi connectivity index (χ0) is 18.1. The van der Waals surface area contributed by atoms with Gasteiger partial charge in [-0.05, 0) is 39.0 Å². The quantitative estimate of drug-likeness (QED) is 0.711. The van der Waals surface area contributed by atoms with Crippen LogP contribution in [0.5, 0.6) is 0 Å². The number of halogens is 1. The van der Waals surface area contributed by atoms with Crippen LogP contribution in [-0.2, 0) is 16.1 Å². The summed E-state index contributed by atoms with van der Waals surface area (Å²) in [5.41, 5.74) is 2.08. The van der Waals surface area contributed by atoms with Gasteiger partial charge >= 0.3 is 11.8 Å². The number of amides is 2. The van der Waals surface area contributed by atoms with E-state index in [1.165, 1.54) is 18.2 Å². The fourth-order valence-corrected chi connectivity index (χ4v) is 2.48. The first-order valence-corrected chi connectivity index (χ1v) is 7.56. The molecule has 0 saturated carbocycles. The predicted molar refractivity (Wildman–Crippen MR) is 87.4 cm³/mol. The fraction of sp³-hybridized carbons (Fsp3) is 0.235. The van der Waals surface area contributed by atoms with Crippen molar-refractivity contribution in [2.24, 2.45) is 0 Å². The molecule has 1 aromatic carbocycles. The van der Waals surface area contributed by atoms with E-state index in [-0.39, 0.29) is 12.4 Å². The van der Waals surface area contributed by atoms with Gasteiger partial charge in [-0.3, -0.25) is 9.59 Å². The lowest BCUT2D eigenvalue weighted by molar-refractivity contribution is -0.136. The number of fused-ring (bicyclic) bond motifs is 1. The SMILES string of the molecule is Cc1noc(C)c1NC(=O)C(=O)NCc1oc2ccc(F)cc2c1C. The second-order valence-corrected chi connectivity index (χ2v) is 5.63. The van der Waals surface area contributed by atoms with Gasteiger partial charge in [-0.15, -0.1) is 0 Å². The van der Waals surface area contributed by atoms with E-state index < -0.39 is 11.8 Å². The van der Waals surface area contributed by atoms with Gasteiger partial charge in [-0.25, -0.2) is 4.39 Å². The van der Waals surface area contributed by atoms with Gasteiger partial charge in [0.25, 0.3) is 0 Å². The molecule has 2 heterocycles. The zero-order valence-corrected chi connectivity index (χ0v) is 13.9. The van der Waals surface area contributed by atoms with Gasteiger partial charge in [0.05, 0.1) is 6.54 Å². The molecule has 0 radical (unpaired) electrons. The Bertz CT molecular complexity index is 954. The third-order valence-corrected chi connectivity index (χ3v) is 3.88. The Morgan fingerprint density at radius 1 is 1.20 bits per heavy atom. The minimum absolute atomic E-state index is 0.00991. The number of carbonyl (C=O) groups is 2. The number of hydrogen-bond acceptors (Lipinski definition) is 5. The largest absolute Gasteiger partial charge is 0.459 e. The zero-order valence-electron chi connectivity index (χ0n) is 13.9. The topological polar surface area (TPSA) is 97.4 Å². The van der Waals surface area contributed by atoms with E-state index in [1.807, 2.05) is 0 Å². The second-order valence-electron chi connectivity index (χ2n) is 5.63. The van der Waals surface area contributed by atoms with E-state index in [1.54, 1.807) is 20.8 Å². The molecular formula is C17H16FN3O4. The number of nitrogens with zero attached hydrogens (tertiary/aromatic N) is 1. The number of rotatable bonds is 3.